The van der Waals surface area contributed by atoms with Crippen LogP contribution in [0.2, 0.25) is 0 Å². The van der Waals surface area contributed by atoms with E-state index in [1.54, 1.807) is 49.6 Å². The van der Waals surface area contributed by atoms with Crippen LogP contribution in [0.15, 0.2) is 46.0 Å². The number of nitrogens with zero attached hydrogens (tertiary/aromatic N) is 1. The van der Waals surface area contributed by atoms with Gasteiger partial charge < -0.3 is 9.47 Å². The Morgan fingerprint density at radius 2 is 1.52 bits per heavy atom. The quantitative estimate of drug-likeness (QED) is 0.557. The van der Waals surface area contributed by atoms with E-state index in [-0.39, 0.29) is 20.9 Å². The van der Waals surface area contributed by atoms with E-state index in [1.807, 2.05) is 0 Å². The average Bonchev–Trinajstić information content (AvgIpc) is 3.23. The summed E-state index contributed by atoms with van der Waals surface area (Å²) in [5.41, 5.74) is 1.86. The van der Waals surface area contributed by atoms with Crippen molar-refractivity contribution in [1.82, 2.24) is 4.98 Å². The Hall–Kier alpha value is -3.24. The van der Waals surface area contributed by atoms with E-state index in [0.717, 1.165) is 11.3 Å². The lowest BCUT2D eigenvalue weighted by Gasteiger charge is -2.15. The highest BCUT2D eigenvalue weighted by Gasteiger charge is 2.29. The fourth-order valence-corrected chi connectivity index (χ4v) is 5.37. The molecule has 2 aromatic heterocycles. The number of ether oxygens (including phenoxy) is 2. The van der Waals surface area contributed by atoms with E-state index in [2.05, 4.69) is 9.71 Å². The lowest BCUT2D eigenvalue weighted by molar-refractivity contribution is 0.0599. The molecule has 0 aliphatic heterocycles. The Labute approximate surface area is 183 Å². The molecule has 3 aromatic rings. The van der Waals surface area contributed by atoms with Crippen molar-refractivity contribution in [2.24, 2.45) is 0 Å². The number of sulfonamides is 1. The Kier molecular flexibility index (Phi) is 6.42. The third kappa shape index (κ3) is 4.44. The molecule has 0 unspecified atom stereocenters. The maximum absolute atomic E-state index is 12.8. The number of benzene rings is 1. The molecule has 0 spiro atoms. The number of methoxy groups -OCH3 is 2. The van der Waals surface area contributed by atoms with Gasteiger partial charge in [0.25, 0.3) is 10.0 Å². The van der Waals surface area contributed by atoms with Gasteiger partial charge in [0.15, 0.2) is 0 Å². The maximum atomic E-state index is 12.8. The van der Waals surface area contributed by atoms with E-state index in [4.69, 9.17) is 9.47 Å². The highest BCUT2D eigenvalue weighted by molar-refractivity contribution is 7.94. The molecule has 0 atom stereocenters. The molecule has 0 fully saturated rings. The Morgan fingerprint density at radius 1 is 0.968 bits per heavy atom. The molecule has 8 nitrogen and oxygen atoms in total. The topological polar surface area (TPSA) is 112 Å². The normalized spacial score (nSPS) is 11.1. The van der Waals surface area contributed by atoms with Crippen LogP contribution in [0, 0.1) is 13.8 Å². The predicted octanol–water partition coefficient (Wildman–Crippen LogP) is 3.80. The number of carbonyl (C=O) groups excluding carboxylic acids is 2. The molecule has 31 heavy (non-hydrogen) atoms. The summed E-state index contributed by atoms with van der Waals surface area (Å²) in [5, 5.41) is 1.56. The van der Waals surface area contributed by atoms with E-state index in [9.17, 15) is 18.0 Å². The summed E-state index contributed by atoms with van der Waals surface area (Å²) < 4.78 is 38.0. The molecule has 3 rings (SSSR count). The number of thiophene rings is 1. The summed E-state index contributed by atoms with van der Waals surface area (Å²) in [6.07, 6.45) is 0. The number of esters is 2. The van der Waals surface area contributed by atoms with Crippen molar-refractivity contribution in [2.75, 3.05) is 18.9 Å². The van der Waals surface area contributed by atoms with Crippen LogP contribution in [-0.4, -0.2) is 39.6 Å². The number of hydrogen-bond donors (Lipinski definition) is 1. The van der Waals surface area contributed by atoms with Crippen LogP contribution < -0.4 is 4.72 Å². The van der Waals surface area contributed by atoms with Gasteiger partial charge in [0.1, 0.15) is 4.21 Å². The molecule has 0 bridgehead atoms. The molecular formula is C21H20N2O6S2. The SMILES string of the molecule is COC(=O)c1c(C)nc(C)c(C(=O)OC)c1-c1csc(S(=O)(=O)Nc2ccccc2)c1. The average molecular weight is 461 g/mol. The number of nitrogens with one attached hydrogen (secondary N) is 1. The van der Waals surface area contributed by atoms with Gasteiger partial charge in [-0.15, -0.1) is 11.3 Å². The minimum Gasteiger partial charge on any atom is -0.465 e. The van der Waals surface area contributed by atoms with Crippen molar-refractivity contribution in [3.63, 3.8) is 0 Å². The minimum atomic E-state index is -3.88. The van der Waals surface area contributed by atoms with Gasteiger partial charge in [-0.3, -0.25) is 9.71 Å². The third-order valence-corrected chi connectivity index (χ3v) is 7.31. The number of para-hydroxylation sites is 1. The molecular weight excluding hydrogens is 440 g/mol. The first-order valence-corrected chi connectivity index (χ1v) is 11.4. The molecule has 2 heterocycles. The van der Waals surface area contributed by atoms with Crippen LogP contribution in [0.25, 0.3) is 11.1 Å². The van der Waals surface area contributed by atoms with Crippen molar-refractivity contribution in [3.8, 4) is 11.1 Å². The molecule has 0 amide bonds. The summed E-state index contributed by atoms with van der Waals surface area (Å²) >= 11 is 0.963. The van der Waals surface area contributed by atoms with Crippen molar-refractivity contribution in [3.05, 3.63) is 64.3 Å². The van der Waals surface area contributed by atoms with Gasteiger partial charge in [0.05, 0.1) is 36.7 Å². The Balaban J connectivity index is 2.18. The first kappa shape index (κ1) is 22.4. The zero-order chi connectivity index (χ0) is 22.8. The van der Waals surface area contributed by atoms with Gasteiger partial charge in [-0.05, 0) is 37.6 Å². The highest BCUT2D eigenvalue weighted by Crippen LogP contribution is 2.36. The van der Waals surface area contributed by atoms with Crippen molar-refractivity contribution < 1.29 is 27.5 Å². The summed E-state index contributed by atoms with van der Waals surface area (Å²) in [7, 11) is -1.44. The zero-order valence-electron chi connectivity index (χ0n) is 17.3. The molecule has 10 heteroatoms. The number of carbonyl (C=O) groups is 2. The van der Waals surface area contributed by atoms with Crippen LogP contribution in [0.3, 0.4) is 0 Å². The number of rotatable bonds is 6. The molecule has 1 aromatic carbocycles. The monoisotopic (exact) mass is 460 g/mol. The molecule has 0 saturated carbocycles. The first-order chi connectivity index (χ1) is 14.7. The molecule has 0 aliphatic carbocycles. The van der Waals surface area contributed by atoms with Crippen molar-refractivity contribution >= 4 is 39.0 Å². The minimum absolute atomic E-state index is 0.0186. The standard InChI is InChI=1S/C21H20N2O6S2/c1-12-17(20(24)28-3)19(18(13(2)22-12)21(25)29-4)14-10-16(30-11-14)31(26,27)23-15-8-6-5-7-9-15/h5-11,23H,1-4H3. The zero-order valence-corrected chi connectivity index (χ0v) is 18.9. The van der Waals surface area contributed by atoms with Crippen molar-refractivity contribution in [1.29, 1.82) is 0 Å². The van der Waals surface area contributed by atoms with E-state index in [0.29, 0.717) is 22.6 Å². The summed E-state index contributed by atoms with van der Waals surface area (Å²) in [6.45, 7) is 3.23. The van der Waals surface area contributed by atoms with Crippen molar-refractivity contribution in [2.45, 2.75) is 18.1 Å². The van der Waals surface area contributed by atoms with Crippen LogP contribution in [-0.2, 0) is 19.5 Å². The Morgan fingerprint density at radius 3 is 2.03 bits per heavy atom. The van der Waals surface area contributed by atoms with Crippen LogP contribution in [0.4, 0.5) is 5.69 Å². The second kappa shape index (κ2) is 8.86. The molecule has 0 aliphatic rings. The van der Waals surface area contributed by atoms with Crippen LogP contribution in [0.1, 0.15) is 32.1 Å². The number of aromatic nitrogens is 1. The van der Waals surface area contributed by atoms with Gasteiger partial charge in [0, 0.05) is 16.6 Å². The number of hydrogen-bond acceptors (Lipinski definition) is 8. The molecule has 0 radical (unpaired) electrons. The van der Waals surface area contributed by atoms with Gasteiger partial charge in [-0.2, -0.15) is 0 Å². The predicted molar refractivity (Wildman–Crippen MR) is 117 cm³/mol. The first-order valence-electron chi connectivity index (χ1n) is 9.04. The van der Waals surface area contributed by atoms with Gasteiger partial charge in [0.2, 0.25) is 0 Å². The summed E-state index contributed by atoms with van der Waals surface area (Å²) in [6, 6.07) is 9.87. The number of aryl methyl sites for hydroxylation is 2. The van der Waals surface area contributed by atoms with Crippen LogP contribution in [0.5, 0.6) is 0 Å². The smallest absolute Gasteiger partial charge is 0.340 e. The number of anilines is 1. The van der Waals surface area contributed by atoms with Crippen LogP contribution >= 0.6 is 11.3 Å². The second-order valence-corrected chi connectivity index (χ2v) is 9.34. The van der Waals surface area contributed by atoms with E-state index in [1.165, 1.54) is 20.3 Å². The lowest BCUT2D eigenvalue weighted by atomic mass is 9.94. The fourth-order valence-electron chi connectivity index (χ4n) is 3.14. The van der Waals surface area contributed by atoms with E-state index >= 15 is 0 Å². The van der Waals surface area contributed by atoms with E-state index < -0.39 is 22.0 Å². The molecule has 162 valence electrons. The second-order valence-electron chi connectivity index (χ2n) is 6.52. The van der Waals surface area contributed by atoms with Gasteiger partial charge in [-0.25, -0.2) is 18.0 Å². The highest BCUT2D eigenvalue weighted by atomic mass is 32.2. The summed E-state index contributed by atoms with van der Waals surface area (Å²) in [5.74, 6) is -1.38. The largest absolute Gasteiger partial charge is 0.465 e. The molecule has 1 N–H and O–H groups in total. The van der Waals surface area contributed by atoms with Gasteiger partial charge >= 0.3 is 11.9 Å². The fraction of sp³-hybridized carbons (Fsp3) is 0.190. The third-order valence-electron chi connectivity index (χ3n) is 4.49. The maximum Gasteiger partial charge on any atom is 0.340 e. The Bertz CT molecular complexity index is 1210. The molecule has 0 saturated heterocycles. The lowest BCUT2D eigenvalue weighted by Crippen LogP contribution is -2.16. The van der Waals surface area contributed by atoms with Gasteiger partial charge in [-0.1, -0.05) is 18.2 Å². The number of pyridine rings is 1. The summed E-state index contributed by atoms with van der Waals surface area (Å²) in [4.78, 5) is 29.3.